The second-order valence-corrected chi connectivity index (χ2v) is 6.32. The van der Waals surface area contributed by atoms with Crippen molar-refractivity contribution < 1.29 is 0 Å². The van der Waals surface area contributed by atoms with Crippen LogP contribution in [-0.4, -0.2) is 16.4 Å². The van der Waals surface area contributed by atoms with Gasteiger partial charge in [0, 0.05) is 16.8 Å². The molecule has 0 aliphatic rings. The van der Waals surface area contributed by atoms with E-state index in [0.29, 0.717) is 11.9 Å². The molecule has 0 fully saturated rings. The lowest BCUT2D eigenvalue weighted by atomic mass is 10.2. The smallest absolute Gasteiger partial charge is 0.110 e. The molecule has 98 valence electrons. The highest BCUT2D eigenvalue weighted by atomic mass is 35.5. The lowest BCUT2D eigenvalue weighted by Gasteiger charge is -2.25. The molecule has 0 aromatic carbocycles. The van der Waals surface area contributed by atoms with Gasteiger partial charge in [0.05, 0.1) is 17.6 Å². The van der Waals surface area contributed by atoms with Crippen LogP contribution in [0.4, 0.5) is 0 Å². The second-order valence-electron chi connectivity index (χ2n) is 4.13. The van der Waals surface area contributed by atoms with Gasteiger partial charge >= 0.3 is 0 Å². The monoisotopic (exact) mass is 300 g/mol. The van der Waals surface area contributed by atoms with Crippen molar-refractivity contribution in [1.82, 2.24) is 9.88 Å². The van der Waals surface area contributed by atoms with E-state index in [9.17, 15) is 0 Å². The van der Waals surface area contributed by atoms with Crippen molar-refractivity contribution in [2.45, 2.75) is 32.3 Å². The molecule has 0 saturated carbocycles. The summed E-state index contributed by atoms with van der Waals surface area (Å²) < 4.78 is 0. The summed E-state index contributed by atoms with van der Waals surface area (Å²) >= 11 is 9.32. The fourth-order valence-electron chi connectivity index (χ4n) is 1.86. The van der Waals surface area contributed by atoms with E-state index >= 15 is 0 Å². The van der Waals surface area contributed by atoms with Gasteiger partial charge in [0.25, 0.3) is 0 Å². The lowest BCUT2D eigenvalue weighted by molar-refractivity contribution is 0.214. The maximum absolute atomic E-state index is 5.81. The zero-order valence-electron chi connectivity index (χ0n) is 10.6. The third-order valence-electron chi connectivity index (χ3n) is 2.96. The van der Waals surface area contributed by atoms with Crippen LogP contribution in [0.1, 0.15) is 35.5 Å². The van der Waals surface area contributed by atoms with Gasteiger partial charge in [0.2, 0.25) is 0 Å². The van der Waals surface area contributed by atoms with Crippen molar-refractivity contribution in [3.63, 3.8) is 0 Å². The Bertz CT molecular complexity index is 467. The average Bonchev–Trinajstić information content (AvgIpc) is 3.06. The maximum atomic E-state index is 5.81. The first-order valence-electron chi connectivity index (χ1n) is 6.01. The molecule has 0 aliphatic carbocycles. The first-order chi connectivity index (χ1) is 8.74. The number of hydrogen-bond acceptors (Lipinski definition) is 4. The van der Waals surface area contributed by atoms with Crippen LogP contribution < -0.4 is 0 Å². The van der Waals surface area contributed by atoms with Crippen LogP contribution in [-0.2, 0) is 12.4 Å². The summed E-state index contributed by atoms with van der Waals surface area (Å²) in [6.07, 6.45) is 0. The molecule has 1 atom stereocenters. The Morgan fingerprint density at radius 1 is 1.44 bits per heavy atom. The van der Waals surface area contributed by atoms with Crippen molar-refractivity contribution in [2.24, 2.45) is 0 Å². The fourth-order valence-corrected chi connectivity index (χ4v) is 3.72. The van der Waals surface area contributed by atoms with Crippen molar-refractivity contribution in [1.29, 1.82) is 0 Å². The van der Waals surface area contributed by atoms with Crippen molar-refractivity contribution in [2.75, 3.05) is 6.54 Å². The van der Waals surface area contributed by atoms with Gasteiger partial charge in [-0.2, -0.15) is 0 Å². The Hall–Kier alpha value is -0.420. The van der Waals surface area contributed by atoms with Crippen LogP contribution >= 0.6 is 34.3 Å². The molecule has 5 heteroatoms. The highest BCUT2D eigenvalue weighted by Crippen LogP contribution is 2.26. The molecule has 0 radical (unpaired) electrons. The number of rotatable bonds is 6. The number of thiazole rings is 1. The number of aromatic nitrogens is 1. The van der Waals surface area contributed by atoms with Crippen LogP contribution in [0.2, 0.25) is 0 Å². The number of alkyl halides is 1. The Balaban J connectivity index is 2.07. The van der Waals surface area contributed by atoms with Crippen LogP contribution in [0.15, 0.2) is 22.9 Å². The molecule has 0 N–H and O–H groups in total. The summed E-state index contributed by atoms with van der Waals surface area (Å²) in [5.74, 6) is 0.500. The fraction of sp³-hybridized carbons (Fsp3) is 0.462. The minimum Gasteiger partial charge on any atom is -0.289 e. The molecule has 18 heavy (non-hydrogen) atoms. The Labute approximate surface area is 121 Å². The number of thiophene rings is 1. The normalized spacial score (nSPS) is 13.1. The van der Waals surface area contributed by atoms with Gasteiger partial charge in [-0.25, -0.2) is 4.98 Å². The quantitative estimate of drug-likeness (QED) is 0.729. The second kappa shape index (κ2) is 6.66. The average molecular weight is 301 g/mol. The predicted octanol–water partition coefficient (Wildman–Crippen LogP) is 4.53. The minimum atomic E-state index is 0.346. The highest BCUT2D eigenvalue weighted by Gasteiger charge is 2.18. The summed E-state index contributed by atoms with van der Waals surface area (Å²) in [7, 11) is 0. The zero-order chi connectivity index (χ0) is 13.0. The molecule has 1 unspecified atom stereocenters. The number of hydrogen-bond donors (Lipinski definition) is 0. The van der Waals surface area contributed by atoms with Crippen LogP contribution in [0.3, 0.4) is 0 Å². The van der Waals surface area contributed by atoms with E-state index in [1.165, 1.54) is 4.88 Å². The van der Waals surface area contributed by atoms with Crippen LogP contribution in [0.25, 0.3) is 0 Å². The van der Waals surface area contributed by atoms with E-state index in [2.05, 4.69) is 46.6 Å². The third-order valence-corrected chi connectivity index (χ3v) is 5.16. The molecule has 2 aromatic heterocycles. The molecule has 0 spiro atoms. The van der Waals surface area contributed by atoms with Crippen LogP contribution in [0, 0.1) is 0 Å². The van der Waals surface area contributed by atoms with Gasteiger partial charge in [-0.1, -0.05) is 13.0 Å². The van der Waals surface area contributed by atoms with E-state index in [4.69, 9.17) is 11.6 Å². The van der Waals surface area contributed by atoms with E-state index in [1.807, 2.05) is 11.3 Å². The van der Waals surface area contributed by atoms with Gasteiger partial charge in [-0.15, -0.1) is 34.3 Å². The van der Waals surface area contributed by atoms with E-state index in [0.717, 1.165) is 23.8 Å². The first kappa shape index (κ1) is 14.0. The summed E-state index contributed by atoms with van der Waals surface area (Å²) in [6.45, 7) is 6.42. The highest BCUT2D eigenvalue weighted by molar-refractivity contribution is 7.10. The van der Waals surface area contributed by atoms with Gasteiger partial charge in [0.15, 0.2) is 0 Å². The first-order valence-corrected chi connectivity index (χ1v) is 8.30. The lowest BCUT2D eigenvalue weighted by Crippen LogP contribution is -2.25. The number of halogens is 1. The van der Waals surface area contributed by atoms with E-state index in [1.54, 1.807) is 11.3 Å². The van der Waals surface area contributed by atoms with E-state index in [-0.39, 0.29) is 0 Å². The molecule has 2 rings (SSSR count). The summed E-state index contributed by atoms with van der Waals surface area (Å²) in [5, 5.41) is 5.34. The summed E-state index contributed by atoms with van der Waals surface area (Å²) in [4.78, 5) is 8.41. The van der Waals surface area contributed by atoms with Crippen molar-refractivity contribution >= 4 is 34.3 Å². The maximum Gasteiger partial charge on any atom is 0.110 e. The topological polar surface area (TPSA) is 16.1 Å². The summed E-state index contributed by atoms with van der Waals surface area (Å²) in [5.41, 5.74) is 0.982. The van der Waals surface area contributed by atoms with Gasteiger partial charge in [-0.05, 0) is 24.9 Å². The van der Waals surface area contributed by atoms with Crippen molar-refractivity contribution in [3.05, 3.63) is 38.5 Å². The van der Waals surface area contributed by atoms with Gasteiger partial charge < -0.3 is 0 Å². The van der Waals surface area contributed by atoms with Crippen LogP contribution in [0.5, 0.6) is 0 Å². The molecular formula is C13H17ClN2S2. The number of nitrogens with zero attached hydrogens (tertiary/aromatic N) is 2. The van der Waals surface area contributed by atoms with Gasteiger partial charge in [-0.3, -0.25) is 4.90 Å². The van der Waals surface area contributed by atoms with Gasteiger partial charge in [0.1, 0.15) is 5.01 Å². The predicted molar refractivity (Wildman–Crippen MR) is 80.5 cm³/mol. The molecule has 0 amide bonds. The summed E-state index contributed by atoms with van der Waals surface area (Å²) in [6, 6.07) is 4.64. The molecule has 0 bridgehead atoms. The minimum absolute atomic E-state index is 0.346. The molecule has 2 heterocycles. The largest absolute Gasteiger partial charge is 0.289 e. The Kier molecular flexibility index (Phi) is 5.18. The van der Waals surface area contributed by atoms with E-state index < -0.39 is 0 Å². The SMILES string of the molecule is CCN(Cc1cccs1)C(C)c1nc(CCl)cs1. The molecule has 0 saturated heterocycles. The molecule has 0 aliphatic heterocycles. The third kappa shape index (κ3) is 3.32. The van der Waals surface area contributed by atoms with Crippen molar-refractivity contribution in [3.8, 4) is 0 Å². The zero-order valence-corrected chi connectivity index (χ0v) is 13.0. The Morgan fingerprint density at radius 3 is 2.83 bits per heavy atom. The Morgan fingerprint density at radius 2 is 2.28 bits per heavy atom. The standard InChI is InChI=1S/C13H17ClN2S2/c1-3-16(8-12-5-4-6-17-12)10(2)13-15-11(7-14)9-18-13/h4-6,9-10H,3,7-8H2,1-2H3. The molecule has 2 aromatic rings. The molecular weight excluding hydrogens is 284 g/mol. The molecule has 2 nitrogen and oxygen atoms in total.